The normalized spacial score (nSPS) is 18.0. The third kappa shape index (κ3) is 3.34. The first-order chi connectivity index (χ1) is 13.5. The minimum absolute atomic E-state index is 0.0828. The van der Waals surface area contributed by atoms with E-state index in [9.17, 15) is 19.7 Å². The highest BCUT2D eigenvalue weighted by Gasteiger charge is 2.39. The minimum atomic E-state index is -0.563. The van der Waals surface area contributed by atoms with Crippen molar-refractivity contribution in [3.63, 3.8) is 0 Å². The summed E-state index contributed by atoms with van der Waals surface area (Å²) < 4.78 is 5.36. The second kappa shape index (κ2) is 7.18. The molecule has 0 radical (unpaired) electrons. The molecule has 0 aliphatic carbocycles. The summed E-state index contributed by atoms with van der Waals surface area (Å²) >= 11 is 0. The number of fused-ring (bicyclic) bond motifs is 3. The maximum Gasteiger partial charge on any atom is 0.410 e. The van der Waals surface area contributed by atoms with Crippen molar-refractivity contribution in [2.24, 2.45) is 0 Å². The standard InChI is InChI=1S/C19H18N4O5/c24-18-17-11-21(19(25)28-12-13-4-2-1-3-5-13)8-9-22(17)16-7-6-14(23(26)27)10-15(16)20-18/h1-7,10,17H,8-9,11-12H2,(H,20,24). The molecule has 9 heteroatoms. The molecule has 144 valence electrons. The van der Waals surface area contributed by atoms with Crippen molar-refractivity contribution < 1.29 is 19.2 Å². The second-order valence-electron chi connectivity index (χ2n) is 6.64. The minimum Gasteiger partial charge on any atom is -0.445 e. The lowest BCUT2D eigenvalue weighted by Gasteiger charge is -2.44. The van der Waals surface area contributed by atoms with Crippen LogP contribution >= 0.6 is 0 Å². The Bertz CT molecular complexity index is 933. The van der Waals surface area contributed by atoms with Crippen LogP contribution in [0.1, 0.15) is 5.56 Å². The number of carbonyl (C=O) groups excluding carboxylic acids is 2. The van der Waals surface area contributed by atoms with Gasteiger partial charge in [-0.25, -0.2) is 4.79 Å². The summed E-state index contributed by atoms with van der Waals surface area (Å²) in [6.45, 7) is 1.19. The summed E-state index contributed by atoms with van der Waals surface area (Å²) in [5.74, 6) is -0.298. The predicted molar refractivity (Wildman–Crippen MR) is 101 cm³/mol. The summed E-state index contributed by atoms with van der Waals surface area (Å²) in [5, 5.41) is 13.7. The molecule has 2 aromatic carbocycles. The molecule has 0 aromatic heterocycles. The fourth-order valence-electron chi connectivity index (χ4n) is 3.48. The van der Waals surface area contributed by atoms with Gasteiger partial charge in [-0.2, -0.15) is 0 Å². The van der Waals surface area contributed by atoms with Crippen LogP contribution in [0, 0.1) is 10.1 Å². The molecule has 0 spiro atoms. The van der Waals surface area contributed by atoms with Crippen LogP contribution in [0.4, 0.5) is 21.9 Å². The van der Waals surface area contributed by atoms with E-state index in [1.54, 1.807) is 6.07 Å². The van der Waals surface area contributed by atoms with Crippen molar-refractivity contribution in [3.05, 3.63) is 64.2 Å². The number of benzene rings is 2. The SMILES string of the molecule is O=C1Nc2cc([N+](=O)[O-])ccc2N2CCN(C(=O)OCc3ccccc3)CC12. The van der Waals surface area contributed by atoms with Crippen LogP contribution in [-0.2, 0) is 16.1 Å². The number of nitro benzene ring substituents is 1. The highest BCUT2D eigenvalue weighted by Crippen LogP contribution is 2.36. The lowest BCUT2D eigenvalue weighted by atomic mass is 10.0. The summed E-state index contributed by atoms with van der Waals surface area (Å²) in [6, 6.07) is 13.2. The number of nitrogens with one attached hydrogen (secondary N) is 1. The Labute approximate surface area is 160 Å². The van der Waals surface area contributed by atoms with Crippen LogP contribution in [0.25, 0.3) is 0 Å². The van der Waals surface area contributed by atoms with Crippen LogP contribution < -0.4 is 10.2 Å². The number of anilines is 2. The Kier molecular flexibility index (Phi) is 4.56. The zero-order valence-electron chi connectivity index (χ0n) is 14.9. The molecule has 1 unspecified atom stereocenters. The summed E-state index contributed by atoms with van der Waals surface area (Å²) in [6.07, 6.45) is -0.467. The number of ether oxygens (including phenoxy) is 1. The van der Waals surface area contributed by atoms with Gasteiger partial charge in [0.25, 0.3) is 5.69 Å². The van der Waals surface area contributed by atoms with E-state index in [1.165, 1.54) is 17.0 Å². The number of hydrogen-bond acceptors (Lipinski definition) is 6. The van der Waals surface area contributed by atoms with E-state index in [0.717, 1.165) is 5.56 Å². The van der Waals surface area contributed by atoms with Crippen molar-refractivity contribution >= 4 is 29.1 Å². The number of nitro groups is 1. The Morgan fingerprint density at radius 3 is 2.75 bits per heavy atom. The van der Waals surface area contributed by atoms with Gasteiger partial charge in [-0.05, 0) is 11.6 Å². The van der Waals surface area contributed by atoms with E-state index < -0.39 is 17.1 Å². The van der Waals surface area contributed by atoms with E-state index in [-0.39, 0.29) is 24.7 Å². The molecule has 2 amide bonds. The fraction of sp³-hybridized carbons (Fsp3) is 0.263. The number of piperazine rings is 1. The first kappa shape index (κ1) is 17.8. The number of carbonyl (C=O) groups is 2. The summed E-state index contributed by atoms with van der Waals surface area (Å²) in [4.78, 5) is 38.8. The molecule has 9 nitrogen and oxygen atoms in total. The molecule has 1 atom stereocenters. The van der Waals surface area contributed by atoms with Gasteiger partial charge in [0.2, 0.25) is 5.91 Å². The Hall–Kier alpha value is -3.62. The van der Waals surface area contributed by atoms with Gasteiger partial charge >= 0.3 is 6.09 Å². The highest BCUT2D eigenvalue weighted by atomic mass is 16.6. The van der Waals surface area contributed by atoms with Crippen molar-refractivity contribution in [1.29, 1.82) is 0 Å². The third-order valence-electron chi connectivity index (χ3n) is 4.90. The molecule has 28 heavy (non-hydrogen) atoms. The van der Waals surface area contributed by atoms with Crippen LogP contribution in [0.15, 0.2) is 48.5 Å². The smallest absolute Gasteiger partial charge is 0.410 e. The number of rotatable bonds is 3. The largest absolute Gasteiger partial charge is 0.445 e. The average Bonchev–Trinajstić information content (AvgIpc) is 2.72. The fourth-order valence-corrected chi connectivity index (χ4v) is 3.48. The van der Waals surface area contributed by atoms with E-state index in [0.29, 0.717) is 24.5 Å². The molecule has 1 saturated heterocycles. The van der Waals surface area contributed by atoms with Crippen LogP contribution in [-0.4, -0.2) is 47.5 Å². The highest BCUT2D eigenvalue weighted by molar-refractivity contribution is 6.04. The molecule has 1 fully saturated rings. The van der Waals surface area contributed by atoms with Gasteiger partial charge in [-0.15, -0.1) is 0 Å². The van der Waals surface area contributed by atoms with Crippen molar-refractivity contribution in [3.8, 4) is 0 Å². The predicted octanol–water partition coefficient (Wildman–Crippen LogP) is 2.37. The van der Waals surface area contributed by atoms with Crippen molar-refractivity contribution in [1.82, 2.24) is 4.90 Å². The van der Waals surface area contributed by atoms with E-state index in [1.807, 2.05) is 35.2 Å². The maximum atomic E-state index is 12.5. The quantitative estimate of drug-likeness (QED) is 0.645. The van der Waals surface area contributed by atoms with Crippen LogP contribution in [0.2, 0.25) is 0 Å². The lowest BCUT2D eigenvalue weighted by molar-refractivity contribution is -0.384. The van der Waals surface area contributed by atoms with E-state index in [4.69, 9.17) is 4.74 Å². The zero-order chi connectivity index (χ0) is 19.7. The number of hydrogen-bond donors (Lipinski definition) is 1. The molecule has 1 N–H and O–H groups in total. The van der Waals surface area contributed by atoms with Gasteiger partial charge in [0, 0.05) is 25.2 Å². The third-order valence-corrected chi connectivity index (χ3v) is 4.90. The van der Waals surface area contributed by atoms with Gasteiger partial charge in [-0.1, -0.05) is 30.3 Å². The molecule has 4 rings (SSSR count). The van der Waals surface area contributed by atoms with Gasteiger partial charge < -0.3 is 19.9 Å². The molecule has 0 bridgehead atoms. The van der Waals surface area contributed by atoms with Crippen LogP contribution in [0.3, 0.4) is 0 Å². The average molecular weight is 382 g/mol. The molecular weight excluding hydrogens is 364 g/mol. The topological polar surface area (TPSA) is 105 Å². The number of non-ortho nitro benzene ring substituents is 1. The van der Waals surface area contributed by atoms with Gasteiger partial charge in [0.1, 0.15) is 12.6 Å². The maximum absolute atomic E-state index is 12.5. The summed E-state index contributed by atoms with van der Waals surface area (Å²) in [5.41, 5.74) is 1.93. The molecule has 0 saturated carbocycles. The monoisotopic (exact) mass is 382 g/mol. The van der Waals surface area contributed by atoms with Gasteiger partial charge in [0.05, 0.1) is 22.8 Å². The molecule has 2 aliphatic heterocycles. The lowest BCUT2D eigenvalue weighted by Crippen LogP contribution is -2.61. The van der Waals surface area contributed by atoms with Gasteiger partial charge in [-0.3, -0.25) is 14.9 Å². The molecule has 2 aromatic rings. The van der Waals surface area contributed by atoms with Gasteiger partial charge in [0.15, 0.2) is 0 Å². The zero-order valence-corrected chi connectivity index (χ0v) is 14.9. The first-order valence-electron chi connectivity index (χ1n) is 8.84. The van der Waals surface area contributed by atoms with E-state index in [2.05, 4.69) is 5.32 Å². The number of amides is 2. The van der Waals surface area contributed by atoms with Crippen molar-refractivity contribution in [2.75, 3.05) is 29.9 Å². The molecule has 2 heterocycles. The summed E-state index contributed by atoms with van der Waals surface area (Å²) in [7, 11) is 0. The molecular formula is C19H18N4O5. The second-order valence-corrected chi connectivity index (χ2v) is 6.64. The van der Waals surface area contributed by atoms with Crippen LogP contribution in [0.5, 0.6) is 0 Å². The Morgan fingerprint density at radius 1 is 1.21 bits per heavy atom. The van der Waals surface area contributed by atoms with E-state index >= 15 is 0 Å². The Morgan fingerprint density at radius 2 is 2.00 bits per heavy atom. The van der Waals surface area contributed by atoms with Crippen molar-refractivity contribution in [2.45, 2.75) is 12.6 Å². The molecule has 2 aliphatic rings. The Balaban J connectivity index is 1.45. The first-order valence-corrected chi connectivity index (χ1v) is 8.84. The number of nitrogens with zero attached hydrogens (tertiary/aromatic N) is 3.